The van der Waals surface area contributed by atoms with Crippen LogP contribution in [-0.4, -0.2) is 53.8 Å². The van der Waals surface area contributed by atoms with Gasteiger partial charge in [-0.1, -0.05) is 24.3 Å². The number of carboxylic acids is 1. The summed E-state index contributed by atoms with van der Waals surface area (Å²) in [5, 5.41) is 15.4. The summed E-state index contributed by atoms with van der Waals surface area (Å²) < 4.78 is 5.94. The number of nitrogens with one attached hydrogen (secondary N) is 3. The van der Waals surface area contributed by atoms with E-state index in [9.17, 15) is 4.79 Å². The molecular weight excluding hydrogens is 382 g/mol. The van der Waals surface area contributed by atoms with E-state index in [1.54, 1.807) is 12.4 Å². The number of aliphatic carboxylic acids is 1. The van der Waals surface area contributed by atoms with Gasteiger partial charge in [-0.15, -0.1) is 0 Å². The number of aromatic nitrogens is 2. The molecule has 8 heteroatoms. The van der Waals surface area contributed by atoms with Gasteiger partial charge in [0.05, 0.1) is 18.7 Å². The summed E-state index contributed by atoms with van der Waals surface area (Å²) in [5.41, 5.74) is 4.03. The minimum atomic E-state index is -0.816. The van der Waals surface area contributed by atoms with Crippen molar-refractivity contribution in [3.05, 3.63) is 54.9 Å². The van der Waals surface area contributed by atoms with Gasteiger partial charge < -0.3 is 30.4 Å². The Balaban J connectivity index is 1.48. The van der Waals surface area contributed by atoms with Crippen LogP contribution in [-0.2, 0) is 4.79 Å². The van der Waals surface area contributed by atoms with Gasteiger partial charge in [-0.3, -0.25) is 4.79 Å². The van der Waals surface area contributed by atoms with Crippen LogP contribution in [0.1, 0.15) is 6.42 Å². The fourth-order valence-corrected chi connectivity index (χ4v) is 3.54. The standard InChI is InChI=1S/C22H25N5O3/c28-21(29)7-8-23-18-4-2-1-3-17(18)16-5-6-19-20(15-16)30-14-13-27(19)12-11-26-22-24-9-10-25-22/h1-6,9-10,15,23H,7-8,11-14H2,(H,28,29)(H2,24,25,26). The monoisotopic (exact) mass is 407 g/mol. The molecule has 0 fully saturated rings. The molecule has 0 amide bonds. The Labute approximate surface area is 174 Å². The van der Waals surface area contributed by atoms with E-state index in [0.717, 1.165) is 53.8 Å². The van der Waals surface area contributed by atoms with Crippen molar-refractivity contribution >= 4 is 23.3 Å². The highest BCUT2D eigenvalue weighted by Gasteiger charge is 2.19. The third kappa shape index (κ3) is 4.65. The van der Waals surface area contributed by atoms with Gasteiger partial charge in [-0.2, -0.15) is 0 Å². The molecular formula is C22H25N5O3. The van der Waals surface area contributed by atoms with E-state index in [-0.39, 0.29) is 6.42 Å². The molecule has 1 aromatic heterocycles. The van der Waals surface area contributed by atoms with Crippen molar-refractivity contribution in [2.75, 3.05) is 48.3 Å². The second-order valence-electron chi connectivity index (χ2n) is 7.00. The van der Waals surface area contributed by atoms with E-state index in [2.05, 4.69) is 43.7 Å². The molecule has 156 valence electrons. The molecule has 8 nitrogen and oxygen atoms in total. The van der Waals surface area contributed by atoms with E-state index in [1.165, 1.54) is 0 Å². The molecule has 0 saturated heterocycles. The minimum absolute atomic E-state index is 0.0721. The quantitative estimate of drug-likeness (QED) is 0.432. The Kier molecular flexibility index (Phi) is 6.03. The molecule has 4 N–H and O–H groups in total. The molecule has 0 aliphatic carbocycles. The van der Waals surface area contributed by atoms with Crippen LogP contribution in [0, 0.1) is 0 Å². The smallest absolute Gasteiger partial charge is 0.305 e. The lowest BCUT2D eigenvalue weighted by Gasteiger charge is -2.31. The van der Waals surface area contributed by atoms with E-state index in [4.69, 9.17) is 9.84 Å². The number of hydrogen-bond donors (Lipinski definition) is 4. The average molecular weight is 407 g/mol. The number of carbonyl (C=O) groups is 1. The zero-order chi connectivity index (χ0) is 20.8. The molecule has 1 aliphatic rings. The summed E-state index contributed by atoms with van der Waals surface area (Å²) in [6.07, 6.45) is 3.59. The summed E-state index contributed by atoms with van der Waals surface area (Å²) in [4.78, 5) is 20.3. The maximum Gasteiger partial charge on any atom is 0.305 e. The van der Waals surface area contributed by atoms with Crippen LogP contribution in [0.25, 0.3) is 11.1 Å². The second-order valence-corrected chi connectivity index (χ2v) is 7.00. The third-order valence-electron chi connectivity index (χ3n) is 4.98. The first kappa shape index (κ1) is 19.6. The van der Waals surface area contributed by atoms with Crippen molar-refractivity contribution in [2.24, 2.45) is 0 Å². The number of anilines is 3. The summed E-state index contributed by atoms with van der Waals surface area (Å²) in [5.74, 6) is 0.812. The van der Waals surface area contributed by atoms with Gasteiger partial charge >= 0.3 is 5.97 Å². The predicted molar refractivity (Wildman–Crippen MR) is 117 cm³/mol. The van der Waals surface area contributed by atoms with Gasteiger partial charge in [0.2, 0.25) is 0 Å². The van der Waals surface area contributed by atoms with Crippen LogP contribution in [0.15, 0.2) is 54.9 Å². The molecule has 2 aromatic carbocycles. The Hall–Kier alpha value is -3.68. The molecule has 2 heterocycles. The van der Waals surface area contributed by atoms with Crippen LogP contribution in [0.2, 0.25) is 0 Å². The van der Waals surface area contributed by atoms with E-state index >= 15 is 0 Å². The van der Waals surface area contributed by atoms with Crippen molar-refractivity contribution in [3.8, 4) is 16.9 Å². The van der Waals surface area contributed by atoms with Gasteiger partial charge in [-0.25, -0.2) is 4.98 Å². The number of aromatic amines is 1. The zero-order valence-corrected chi connectivity index (χ0v) is 16.6. The average Bonchev–Trinajstić information content (AvgIpc) is 3.27. The second kappa shape index (κ2) is 9.21. The molecule has 1 aliphatic heterocycles. The maximum atomic E-state index is 10.8. The van der Waals surface area contributed by atoms with Crippen molar-refractivity contribution in [3.63, 3.8) is 0 Å². The highest BCUT2D eigenvalue weighted by molar-refractivity contribution is 5.81. The number of carboxylic acid groups (broad SMARTS) is 1. The number of benzene rings is 2. The number of H-pyrrole nitrogens is 1. The Morgan fingerprint density at radius 2 is 2.10 bits per heavy atom. The molecule has 4 rings (SSSR count). The van der Waals surface area contributed by atoms with Crippen LogP contribution in [0.5, 0.6) is 5.75 Å². The Morgan fingerprint density at radius 1 is 1.20 bits per heavy atom. The molecule has 0 spiro atoms. The lowest BCUT2D eigenvalue weighted by atomic mass is 10.0. The molecule has 0 unspecified atom stereocenters. The van der Waals surface area contributed by atoms with E-state index < -0.39 is 5.97 Å². The van der Waals surface area contributed by atoms with Crippen molar-refractivity contribution < 1.29 is 14.6 Å². The first-order valence-electron chi connectivity index (χ1n) is 10.0. The SMILES string of the molecule is O=C(O)CCNc1ccccc1-c1ccc2c(c1)OCCN2CCNc1ncc[nH]1. The largest absolute Gasteiger partial charge is 0.490 e. The molecule has 0 radical (unpaired) electrons. The minimum Gasteiger partial charge on any atom is -0.490 e. The molecule has 0 atom stereocenters. The highest BCUT2D eigenvalue weighted by atomic mass is 16.5. The lowest BCUT2D eigenvalue weighted by molar-refractivity contribution is -0.136. The number of para-hydroxylation sites is 1. The molecule has 0 bridgehead atoms. The number of imidazole rings is 1. The van der Waals surface area contributed by atoms with Crippen LogP contribution in [0.3, 0.4) is 0 Å². The Morgan fingerprint density at radius 3 is 2.93 bits per heavy atom. The van der Waals surface area contributed by atoms with Crippen molar-refractivity contribution in [1.29, 1.82) is 0 Å². The summed E-state index contributed by atoms with van der Waals surface area (Å²) in [6.45, 7) is 3.45. The third-order valence-corrected chi connectivity index (χ3v) is 4.98. The number of hydrogen-bond acceptors (Lipinski definition) is 6. The van der Waals surface area contributed by atoms with E-state index in [1.807, 2.05) is 24.3 Å². The van der Waals surface area contributed by atoms with Crippen LogP contribution in [0.4, 0.5) is 17.3 Å². The van der Waals surface area contributed by atoms with Gasteiger partial charge in [0.25, 0.3) is 0 Å². The number of ether oxygens (including phenoxy) is 1. The van der Waals surface area contributed by atoms with Gasteiger partial charge in [-0.05, 0) is 23.8 Å². The zero-order valence-electron chi connectivity index (χ0n) is 16.6. The van der Waals surface area contributed by atoms with Crippen LogP contribution < -0.4 is 20.3 Å². The van der Waals surface area contributed by atoms with Crippen molar-refractivity contribution in [2.45, 2.75) is 6.42 Å². The summed E-state index contributed by atoms with van der Waals surface area (Å²) in [7, 11) is 0. The molecule has 0 saturated carbocycles. The predicted octanol–water partition coefficient (Wildman–Crippen LogP) is 3.27. The molecule has 30 heavy (non-hydrogen) atoms. The lowest BCUT2D eigenvalue weighted by Crippen LogP contribution is -2.36. The fourth-order valence-electron chi connectivity index (χ4n) is 3.54. The Bertz CT molecular complexity index is 990. The normalized spacial score (nSPS) is 12.7. The van der Waals surface area contributed by atoms with Crippen molar-refractivity contribution in [1.82, 2.24) is 9.97 Å². The summed E-state index contributed by atoms with van der Waals surface area (Å²) in [6, 6.07) is 14.1. The number of rotatable bonds is 9. The number of nitrogens with zero attached hydrogens (tertiary/aromatic N) is 2. The topological polar surface area (TPSA) is 103 Å². The summed E-state index contributed by atoms with van der Waals surface area (Å²) >= 11 is 0. The molecule has 3 aromatic rings. The highest BCUT2D eigenvalue weighted by Crippen LogP contribution is 2.37. The van der Waals surface area contributed by atoms with Gasteiger partial charge in [0.1, 0.15) is 12.4 Å². The fraction of sp³-hybridized carbons (Fsp3) is 0.273. The number of fused-ring (bicyclic) bond motifs is 1. The first-order valence-corrected chi connectivity index (χ1v) is 10.0. The first-order chi connectivity index (χ1) is 14.7. The van der Waals surface area contributed by atoms with Crippen LogP contribution >= 0.6 is 0 Å². The van der Waals surface area contributed by atoms with Gasteiger partial charge in [0.15, 0.2) is 5.95 Å². The van der Waals surface area contributed by atoms with Gasteiger partial charge in [0, 0.05) is 43.3 Å². The maximum absolute atomic E-state index is 10.8. The van der Waals surface area contributed by atoms with E-state index in [0.29, 0.717) is 13.2 Å².